The van der Waals surface area contributed by atoms with Crippen LogP contribution in [0.4, 0.5) is 0 Å². The highest BCUT2D eigenvalue weighted by Gasteiger charge is 2.19. The van der Waals surface area contributed by atoms with E-state index in [1.54, 1.807) is 43.8 Å². The van der Waals surface area contributed by atoms with Crippen molar-refractivity contribution < 1.29 is 8.42 Å². The molecule has 0 amide bonds. The molecule has 0 saturated carbocycles. The summed E-state index contributed by atoms with van der Waals surface area (Å²) >= 11 is 0. The van der Waals surface area contributed by atoms with Crippen LogP contribution in [0.5, 0.6) is 0 Å². The minimum absolute atomic E-state index is 0.209. The quantitative estimate of drug-likeness (QED) is 0.903. The van der Waals surface area contributed by atoms with E-state index in [-0.39, 0.29) is 6.04 Å². The van der Waals surface area contributed by atoms with Gasteiger partial charge in [0, 0.05) is 25.0 Å². The largest absolute Gasteiger partial charge is 0.336 e. The lowest BCUT2D eigenvalue weighted by Crippen LogP contribution is -2.35. The van der Waals surface area contributed by atoms with Gasteiger partial charge < -0.3 is 4.57 Å². The van der Waals surface area contributed by atoms with Crippen LogP contribution < -0.4 is 4.72 Å². The van der Waals surface area contributed by atoms with Gasteiger partial charge in [-0.1, -0.05) is 18.2 Å². The Hall–Kier alpha value is -1.66. The molecule has 0 bridgehead atoms. The van der Waals surface area contributed by atoms with Crippen LogP contribution in [0.1, 0.15) is 12.5 Å². The van der Waals surface area contributed by atoms with Gasteiger partial charge in [0.05, 0.1) is 11.2 Å². The number of nitrogens with zero attached hydrogens (tertiary/aromatic N) is 2. The highest BCUT2D eigenvalue weighted by Crippen LogP contribution is 2.14. The number of imidazole rings is 1. The fourth-order valence-electron chi connectivity index (χ4n) is 1.93. The Morgan fingerprint density at radius 3 is 2.74 bits per heavy atom. The van der Waals surface area contributed by atoms with Gasteiger partial charge in [-0.25, -0.2) is 18.1 Å². The van der Waals surface area contributed by atoms with Crippen molar-refractivity contribution in [2.75, 3.05) is 0 Å². The van der Waals surface area contributed by atoms with E-state index < -0.39 is 10.0 Å². The van der Waals surface area contributed by atoms with E-state index in [4.69, 9.17) is 0 Å². The normalized spacial score (nSPS) is 13.4. The Kier molecular flexibility index (Phi) is 4.01. The van der Waals surface area contributed by atoms with Crippen LogP contribution in [-0.4, -0.2) is 24.0 Å². The molecule has 0 aliphatic carbocycles. The second-order valence-corrected chi connectivity index (χ2v) is 6.23. The van der Waals surface area contributed by atoms with E-state index in [0.717, 1.165) is 5.56 Å². The third kappa shape index (κ3) is 3.42. The van der Waals surface area contributed by atoms with Crippen molar-refractivity contribution in [3.8, 4) is 0 Å². The van der Waals surface area contributed by atoms with Gasteiger partial charge in [0.25, 0.3) is 0 Å². The van der Waals surface area contributed by atoms with E-state index in [9.17, 15) is 8.42 Å². The summed E-state index contributed by atoms with van der Waals surface area (Å²) in [6.07, 6.45) is 5.14. The van der Waals surface area contributed by atoms with E-state index in [1.165, 1.54) is 0 Å². The second-order valence-electron chi connectivity index (χ2n) is 4.55. The fourth-order valence-corrected chi connectivity index (χ4v) is 3.42. The molecule has 0 aliphatic rings. The molecule has 0 aliphatic heterocycles. The van der Waals surface area contributed by atoms with E-state index in [2.05, 4.69) is 9.71 Å². The lowest BCUT2D eigenvalue weighted by Gasteiger charge is -2.15. The molecule has 19 heavy (non-hydrogen) atoms. The molecule has 1 heterocycles. The van der Waals surface area contributed by atoms with Crippen molar-refractivity contribution in [3.63, 3.8) is 0 Å². The smallest absolute Gasteiger partial charge is 0.241 e. The van der Waals surface area contributed by atoms with Gasteiger partial charge in [0.15, 0.2) is 0 Å². The maximum Gasteiger partial charge on any atom is 0.241 e. The molecule has 6 heteroatoms. The summed E-state index contributed by atoms with van der Waals surface area (Å²) < 4.78 is 29.0. The maximum atomic E-state index is 12.3. The molecular formula is C13H17N3O2S. The first-order valence-electron chi connectivity index (χ1n) is 6.03. The van der Waals surface area contributed by atoms with Crippen molar-refractivity contribution in [3.05, 3.63) is 48.5 Å². The molecule has 1 atom stereocenters. The Bertz CT molecular complexity index is 636. The van der Waals surface area contributed by atoms with Gasteiger partial charge in [0.1, 0.15) is 0 Å². The van der Waals surface area contributed by atoms with Crippen molar-refractivity contribution >= 4 is 10.0 Å². The summed E-state index contributed by atoms with van der Waals surface area (Å²) in [5.74, 6) is 0. The average Bonchev–Trinajstić information content (AvgIpc) is 2.81. The average molecular weight is 279 g/mol. The lowest BCUT2D eigenvalue weighted by atomic mass is 10.2. The number of aromatic nitrogens is 2. The molecule has 102 valence electrons. The number of hydrogen-bond donors (Lipinski definition) is 1. The van der Waals surface area contributed by atoms with Crippen LogP contribution in [0.2, 0.25) is 0 Å². The third-order valence-corrected chi connectivity index (χ3v) is 4.53. The van der Waals surface area contributed by atoms with Gasteiger partial charge >= 0.3 is 0 Å². The van der Waals surface area contributed by atoms with Gasteiger partial charge in [-0.2, -0.15) is 0 Å². The molecular weight excluding hydrogens is 262 g/mol. The highest BCUT2D eigenvalue weighted by molar-refractivity contribution is 7.89. The van der Waals surface area contributed by atoms with Crippen LogP contribution in [0, 0.1) is 6.92 Å². The van der Waals surface area contributed by atoms with Crippen LogP contribution >= 0.6 is 0 Å². The SMILES string of the molecule is Cc1ccccc1S(=O)(=O)NC(C)Cn1ccnc1. The molecule has 5 nitrogen and oxygen atoms in total. The van der Waals surface area contributed by atoms with E-state index in [1.807, 2.05) is 17.6 Å². The first-order chi connectivity index (χ1) is 8.99. The summed E-state index contributed by atoms with van der Waals surface area (Å²) in [6, 6.07) is 6.74. The Balaban J connectivity index is 2.11. The molecule has 0 radical (unpaired) electrons. The summed E-state index contributed by atoms with van der Waals surface area (Å²) in [7, 11) is -3.48. The van der Waals surface area contributed by atoms with Crippen molar-refractivity contribution in [1.29, 1.82) is 0 Å². The van der Waals surface area contributed by atoms with Crippen LogP contribution in [-0.2, 0) is 16.6 Å². The minimum atomic E-state index is -3.48. The molecule has 0 saturated heterocycles. The number of aryl methyl sites for hydroxylation is 1. The van der Waals surface area contributed by atoms with E-state index in [0.29, 0.717) is 11.4 Å². The van der Waals surface area contributed by atoms with Crippen LogP contribution in [0.25, 0.3) is 0 Å². The number of benzene rings is 1. The van der Waals surface area contributed by atoms with Gasteiger partial charge in [0.2, 0.25) is 10.0 Å². The lowest BCUT2D eigenvalue weighted by molar-refractivity contribution is 0.520. The van der Waals surface area contributed by atoms with Gasteiger partial charge in [-0.3, -0.25) is 0 Å². The topological polar surface area (TPSA) is 64.0 Å². The molecule has 2 aromatic rings. The minimum Gasteiger partial charge on any atom is -0.336 e. The molecule has 1 N–H and O–H groups in total. The highest BCUT2D eigenvalue weighted by atomic mass is 32.2. The Labute approximate surface area is 113 Å². The molecule has 0 spiro atoms. The number of sulfonamides is 1. The molecule has 2 rings (SSSR count). The standard InChI is InChI=1S/C13H17N3O2S/c1-11-5-3-4-6-13(11)19(17,18)15-12(2)9-16-8-7-14-10-16/h3-8,10,12,15H,9H2,1-2H3. The fraction of sp³-hybridized carbons (Fsp3) is 0.308. The van der Waals surface area contributed by atoms with Crippen LogP contribution in [0.3, 0.4) is 0 Å². The number of nitrogens with one attached hydrogen (secondary N) is 1. The summed E-state index contributed by atoms with van der Waals surface area (Å²) in [4.78, 5) is 4.26. The van der Waals surface area contributed by atoms with Crippen molar-refractivity contribution in [1.82, 2.24) is 14.3 Å². The maximum absolute atomic E-state index is 12.3. The zero-order chi connectivity index (χ0) is 13.9. The zero-order valence-corrected chi connectivity index (χ0v) is 11.8. The first kappa shape index (κ1) is 13.8. The molecule has 1 unspecified atom stereocenters. The summed E-state index contributed by atoms with van der Waals surface area (Å²) in [5, 5.41) is 0. The predicted octanol–water partition coefficient (Wildman–Crippen LogP) is 1.56. The third-order valence-electron chi connectivity index (χ3n) is 2.78. The zero-order valence-electron chi connectivity index (χ0n) is 10.9. The predicted molar refractivity (Wildman–Crippen MR) is 73.2 cm³/mol. The number of rotatable bonds is 5. The summed E-state index contributed by atoms with van der Waals surface area (Å²) in [5.41, 5.74) is 0.741. The number of hydrogen-bond acceptors (Lipinski definition) is 3. The second kappa shape index (κ2) is 5.54. The van der Waals surface area contributed by atoms with Crippen molar-refractivity contribution in [2.45, 2.75) is 31.3 Å². The van der Waals surface area contributed by atoms with Gasteiger partial charge in [-0.05, 0) is 25.5 Å². The molecule has 0 fully saturated rings. The Morgan fingerprint density at radius 1 is 1.37 bits per heavy atom. The summed E-state index contributed by atoms with van der Waals surface area (Å²) in [6.45, 7) is 4.16. The molecule has 1 aromatic heterocycles. The Morgan fingerprint density at radius 2 is 2.11 bits per heavy atom. The van der Waals surface area contributed by atoms with Crippen molar-refractivity contribution in [2.24, 2.45) is 0 Å². The first-order valence-corrected chi connectivity index (χ1v) is 7.51. The van der Waals surface area contributed by atoms with E-state index >= 15 is 0 Å². The van der Waals surface area contributed by atoms with Gasteiger partial charge in [-0.15, -0.1) is 0 Å². The van der Waals surface area contributed by atoms with Crippen LogP contribution in [0.15, 0.2) is 47.9 Å². The monoisotopic (exact) mass is 279 g/mol. The molecule has 1 aromatic carbocycles.